The Morgan fingerprint density at radius 3 is 2.57 bits per heavy atom. The van der Waals surface area contributed by atoms with Gasteiger partial charge in [0.25, 0.3) is 0 Å². The van der Waals surface area contributed by atoms with Gasteiger partial charge in [-0.25, -0.2) is 4.79 Å². The van der Waals surface area contributed by atoms with Gasteiger partial charge in [-0.15, -0.1) is 0 Å². The summed E-state index contributed by atoms with van der Waals surface area (Å²) in [5.41, 5.74) is -2.03. The number of Topliss-reactive ketones (excluding diaryl/α,β-unsaturated/α-hetero) is 1. The van der Waals surface area contributed by atoms with Gasteiger partial charge < -0.3 is 20.1 Å². The number of carbonyl (C=O) groups is 2. The Morgan fingerprint density at radius 2 is 1.91 bits per heavy atom. The molecule has 0 saturated heterocycles. The fraction of sp³-hybridized carbons (Fsp3) is 0.517. The highest BCUT2D eigenvalue weighted by molar-refractivity contribution is 5.95. The van der Waals surface area contributed by atoms with Crippen LogP contribution in [-0.4, -0.2) is 51.5 Å². The molecule has 8 atom stereocenters. The third-order valence-electron chi connectivity index (χ3n) is 9.34. The zero-order chi connectivity index (χ0) is 25.3. The lowest BCUT2D eigenvalue weighted by Gasteiger charge is -2.48. The number of esters is 1. The maximum absolute atomic E-state index is 14.3. The topological polar surface area (TPSA) is 104 Å². The molecule has 0 heterocycles. The molecule has 35 heavy (non-hydrogen) atoms. The number of aliphatic hydroxyl groups excluding tert-OH is 2. The molecule has 4 aliphatic rings. The van der Waals surface area contributed by atoms with E-state index in [1.165, 1.54) is 6.08 Å². The number of allylic oxidation sites excluding steroid dienone is 1. The average molecular weight is 479 g/mol. The van der Waals surface area contributed by atoms with Crippen molar-refractivity contribution in [2.45, 2.75) is 51.9 Å². The molecule has 0 aromatic heterocycles. The van der Waals surface area contributed by atoms with Crippen LogP contribution in [0.1, 0.15) is 39.7 Å². The van der Waals surface area contributed by atoms with Gasteiger partial charge in [0.05, 0.1) is 12.0 Å². The van der Waals surface area contributed by atoms with Gasteiger partial charge in [-0.05, 0) is 59.3 Å². The number of hydrogen-bond acceptors (Lipinski definition) is 6. The minimum Gasteiger partial charge on any atom is -0.451 e. The second kappa shape index (κ2) is 7.99. The molecule has 0 amide bonds. The van der Waals surface area contributed by atoms with Crippen molar-refractivity contribution in [1.82, 2.24) is 0 Å². The Bertz CT molecular complexity index is 1150. The predicted molar refractivity (Wildman–Crippen MR) is 131 cm³/mol. The lowest BCUT2D eigenvalue weighted by atomic mass is 9.59. The van der Waals surface area contributed by atoms with E-state index in [-0.39, 0.29) is 28.6 Å². The molecule has 6 heteroatoms. The Morgan fingerprint density at radius 1 is 1.23 bits per heavy atom. The maximum atomic E-state index is 14.3. The zero-order valence-corrected chi connectivity index (χ0v) is 20.6. The highest BCUT2D eigenvalue weighted by Crippen LogP contribution is 2.71. The van der Waals surface area contributed by atoms with Gasteiger partial charge in [0.2, 0.25) is 0 Å². The van der Waals surface area contributed by atoms with Gasteiger partial charge in [-0.1, -0.05) is 63.3 Å². The SMILES string of the molecule is CC1=CC23C(=O)C(C=C(CO)C(O)C2(O)C1OC(=O)/C=C/c1ccccc1)C1C(CC3C)C1(C)C. The van der Waals surface area contributed by atoms with Crippen molar-refractivity contribution in [2.24, 2.45) is 34.5 Å². The Hall–Kier alpha value is -2.54. The van der Waals surface area contributed by atoms with E-state index in [0.717, 1.165) is 12.0 Å². The average Bonchev–Trinajstić information content (AvgIpc) is 3.32. The van der Waals surface area contributed by atoms with Crippen LogP contribution in [0.3, 0.4) is 0 Å². The van der Waals surface area contributed by atoms with Crippen LogP contribution in [0.25, 0.3) is 6.08 Å². The smallest absolute Gasteiger partial charge is 0.331 e. The molecule has 2 fully saturated rings. The highest BCUT2D eigenvalue weighted by atomic mass is 16.6. The van der Waals surface area contributed by atoms with Crippen LogP contribution in [0.5, 0.6) is 0 Å². The van der Waals surface area contributed by atoms with Gasteiger partial charge in [-0.3, -0.25) is 4.79 Å². The van der Waals surface area contributed by atoms with E-state index in [4.69, 9.17) is 4.74 Å². The molecule has 2 saturated carbocycles. The van der Waals surface area contributed by atoms with E-state index in [0.29, 0.717) is 11.5 Å². The van der Waals surface area contributed by atoms with Crippen LogP contribution in [0.15, 0.2) is 59.7 Å². The third-order valence-corrected chi connectivity index (χ3v) is 9.34. The number of rotatable bonds is 4. The van der Waals surface area contributed by atoms with Crippen molar-refractivity contribution in [3.63, 3.8) is 0 Å². The Balaban J connectivity index is 1.56. The summed E-state index contributed by atoms with van der Waals surface area (Å²) < 4.78 is 5.77. The molecule has 0 aliphatic heterocycles. The number of carbonyl (C=O) groups excluding carboxylic acids is 2. The number of fused-ring (bicyclic) bond motifs is 3. The maximum Gasteiger partial charge on any atom is 0.331 e. The van der Waals surface area contributed by atoms with Crippen molar-refractivity contribution in [2.75, 3.05) is 6.61 Å². The third kappa shape index (κ3) is 3.19. The molecule has 0 radical (unpaired) electrons. The van der Waals surface area contributed by atoms with Gasteiger partial charge >= 0.3 is 5.97 Å². The first-order valence-electron chi connectivity index (χ1n) is 12.4. The van der Waals surface area contributed by atoms with Crippen LogP contribution < -0.4 is 0 Å². The molecule has 8 unspecified atom stereocenters. The summed E-state index contributed by atoms with van der Waals surface area (Å²) in [6.45, 7) is 7.47. The summed E-state index contributed by atoms with van der Waals surface area (Å²) in [6, 6.07) is 9.28. The molecule has 5 rings (SSSR count). The fourth-order valence-electron chi connectivity index (χ4n) is 7.48. The van der Waals surface area contributed by atoms with Crippen LogP contribution in [0.4, 0.5) is 0 Å². The standard InChI is InChI=1S/C29H34O6/c1-16-14-28-17(2)12-21-23(27(21,3)4)20(25(28)33)13-19(15-30)24(32)29(28,34)26(16)35-22(31)11-10-18-8-6-5-7-9-18/h5-11,13-14,17,20-21,23-24,26,30,32,34H,12,15H2,1-4H3/b11-10+. The molecule has 1 aromatic rings. The van der Waals surface area contributed by atoms with Crippen molar-refractivity contribution in [3.05, 3.63) is 65.3 Å². The lowest BCUT2D eigenvalue weighted by molar-refractivity contribution is -0.201. The van der Waals surface area contributed by atoms with Crippen LogP contribution in [0.2, 0.25) is 0 Å². The molecular formula is C29H34O6. The second-order valence-electron chi connectivity index (χ2n) is 11.4. The highest BCUT2D eigenvalue weighted by Gasteiger charge is 2.76. The molecular weight excluding hydrogens is 444 g/mol. The number of ketones is 1. The molecule has 1 aromatic carbocycles. The predicted octanol–water partition coefficient (Wildman–Crippen LogP) is 3.08. The Labute approximate surface area is 206 Å². The van der Waals surface area contributed by atoms with E-state index in [9.17, 15) is 24.9 Å². The van der Waals surface area contributed by atoms with Crippen LogP contribution in [-0.2, 0) is 14.3 Å². The molecule has 6 nitrogen and oxygen atoms in total. The summed E-state index contributed by atoms with van der Waals surface area (Å²) in [7, 11) is 0. The van der Waals surface area contributed by atoms with Crippen LogP contribution >= 0.6 is 0 Å². The van der Waals surface area contributed by atoms with E-state index in [1.807, 2.05) is 37.3 Å². The number of benzene rings is 1. The molecule has 3 N–H and O–H groups in total. The summed E-state index contributed by atoms with van der Waals surface area (Å²) in [6.07, 6.45) is 4.23. The van der Waals surface area contributed by atoms with Crippen molar-refractivity contribution < 1.29 is 29.6 Å². The van der Waals surface area contributed by atoms with E-state index >= 15 is 0 Å². The zero-order valence-electron chi connectivity index (χ0n) is 20.6. The van der Waals surface area contributed by atoms with Gasteiger partial charge in [0.15, 0.2) is 17.5 Å². The van der Waals surface area contributed by atoms with Gasteiger partial charge in [0, 0.05) is 12.0 Å². The molecule has 4 aliphatic carbocycles. The van der Waals surface area contributed by atoms with Crippen molar-refractivity contribution >= 4 is 17.8 Å². The van der Waals surface area contributed by atoms with E-state index in [2.05, 4.69) is 13.8 Å². The van der Waals surface area contributed by atoms with Crippen molar-refractivity contribution in [3.8, 4) is 0 Å². The number of ether oxygens (including phenoxy) is 1. The first-order chi connectivity index (χ1) is 16.5. The summed E-state index contributed by atoms with van der Waals surface area (Å²) >= 11 is 0. The summed E-state index contributed by atoms with van der Waals surface area (Å²) in [4.78, 5) is 27.1. The van der Waals surface area contributed by atoms with Crippen molar-refractivity contribution in [1.29, 1.82) is 0 Å². The fourth-order valence-corrected chi connectivity index (χ4v) is 7.48. The summed E-state index contributed by atoms with van der Waals surface area (Å²) in [5.74, 6) is -1.29. The quantitative estimate of drug-likeness (QED) is 0.349. The molecule has 1 spiro atoms. The molecule has 186 valence electrons. The van der Waals surface area contributed by atoms with E-state index < -0.39 is 41.7 Å². The van der Waals surface area contributed by atoms with E-state index in [1.54, 1.807) is 25.2 Å². The minimum atomic E-state index is -2.12. The first-order valence-corrected chi connectivity index (χ1v) is 12.4. The number of aliphatic hydroxyl groups is 3. The van der Waals surface area contributed by atoms with Gasteiger partial charge in [-0.2, -0.15) is 0 Å². The largest absolute Gasteiger partial charge is 0.451 e. The normalized spacial score (nSPS) is 41.3. The summed E-state index contributed by atoms with van der Waals surface area (Å²) in [5, 5.41) is 34.0. The number of hydrogen-bond donors (Lipinski definition) is 3. The van der Waals surface area contributed by atoms with Gasteiger partial charge in [0.1, 0.15) is 6.10 Å². The molecule has 2 bridgehead atoms. The Kier molecular flexibility index (Phi) is 5.51. The van der Waals surface area contributed by atoms with Crippen LogP contribution in [0, 0.1) is 34.5 Å². The first kappa shape index (κ1) is 24.2. The monoisotopic (exact) mass is 478 g/mol. The minimum absolute atomic E-state index is 0.0356. The lowest BCUT2D eigenvalue weighted by Crippen LogP contribution is -2.65. The second-order valence-corrected chi connectivity index (χ2v) is 11.4.